The Labute approximate surface area is 121 Å². The number of sulfonamides is 1. The molecule has 1 aliphatic rings. The molecular formula is C12H15NO5S2. The molecule has 20 heavy (non-hydrogen) atoms. The van der Waals surface area contributed by atoms with Crippen molar-refractivity contribution in [3.63, 3.8) is 0 Å². The highest BCUT2D eigenvalue weighted by Crippen LogP contribution is 2.25. The van der Waals surface area contributed by atoms with E-state index in [4.69, 9.17) is 9.84 Å². The fourth-order valence-corrected chi connectivity index (χ4v) is 3.96. The van der Waals surface area contributed by atoms with E-state index < -0.39 is 16.0 Å². The first-order valence-corrected chi connectivity index (χ1v) is 8.62. The summed E-state index contributed by atoms with van der Waals surface area (Å²) < 4.78 is 31.3. The molecular weight excluding hydrogens is 302 g/mol. The maximum Gasteiger partial charge on any atom is 0.336 e. The van der Waals surface area contributed by atoms with Gasteiger partial charge in [-0.05, 0) is 24.5 Å². The zero-order chi connectivity index (χ0) is 14.8. The molecule has 8 heteroatoms. The number of rotatable bonds is 4. The third-order valence-electron chi connectivity index (χ3n) is 3.01. The molecule has 0 atom stereocenters. The lowest BCUT2D eigenvalue weighted by Crippen LogP contribution is -2.40. The van der Waals surface area contributed by atoms with Crippen LogP contribution in [0.1, 0.15) is 10.4 Å². The Bertz CT molecular complexity index is 608. The highest BCUT2D eigenvalue weighted by Gasteiger charge is 2.27. The number of nitrogens with zero attached hydrogens (tertiary/aromatic N) is 1. The molecule has 0 saturated carbocycles. The van der Waals surface area contributed by atoms with Gasteiger partial charge in [-0.3, -0.25) is 0 Å². The number of benzene rings is 1. The number of morpholine rings is 1. The molecule has 1 fully saturated rings. The van der Waals surface area contributed by atoms with Crippen molar-refractivity contribution in [2.24, 2.45) is 0 Å². The van der Waals surface area contributed by atoms with E-state index in [0.717, 1.165) is 0 Å². The number of aromatic carboxylic acids is 1. The van der Waals surface area contributed by atoms with E-state index in [0.29, 0.717) is 18.1 Å². The van der Waals surface area contributed by atoms with E-state index in [1.807, 2.05) is 0 Å². The Balaban J connectivity index is 2.41. The van der Waals surface area contributed by atoms with Gasteiger partial charge in [0, 0.05) is 18.0 Å². The molecule has 0 bridgehead atoms. The summed E-state index contributed by atoms with van der Waals surface area (Å²) in [6, 6.07) is 4.20. The van der Waals surface area contributed by atoms with Gasteiger partial charge in [0.15, 0.2) is 0 Å². The van der Waals surface area contributed by atoms with Gasteiger partial charge in [-0.25, -0.2) is 13.2 Å². The average Bonchev–Trinajstić information content (AvgIpc) is 2.47. The number of carboxylic acid groups (broad SMARTS) is 1. The van der Waals surface area contributed by atoms with Crippen LogP contribution in [0.15, 0.2) is 28.0 Å². The second kappa shape index (κ2) is 6.13. The number of carboxylic acids is 1. The summed E-state index contributed by atoms with van der Waals surface area (Å²) in [5, 5.41) is 9.16. The molecule has 1 N–H and O–H groups in total. The van der Waals surface area contributed by atoms with Crippen molar-refractivity contribution in [1.82, 2.24) is 4.31 Å². The summed E-state index contributed by atoms with van der Waals surface area (Å²) in [6.07, 6.45) is 1.75. The van der Waals surface area contributed by atoms with Crippen molar-refractivity contribution in [3.05, 3.63) is 23.8 Å². The number of ether oxygens (including phenoxy) is 1. The normalized spacial score (nSPS) is 17.1. The van der Waals surface area contributed by atoms with Gasteiger partial charge in [0.25, 0.3) is 0 Å². The number of thioether (sulfide) groups is 1. The summed E-state index contributed by atoms with van der Waals surface area (Å²) in [4.78, 5) is 11.7. The number of hydrogen-bond acceptors (Lipinski definition) is 5. The SMILES string of the molecule is CSc1ccc(S(=O)(=O)N2CCOCC2)cc1C(=O)O. The lowest BCUT2D eigenvalue weighted by atomic mass is 10.2. The van der Waals surface area contributed by atoms with Gasteiger partial charge in [0.05, 0.1) is 23.7 Å². The van der Waals surface area contributed by atoms with Crippen LogP contribution in [0.25, 0.3) is 0 Å². The van der Waals surface area contributed by atoms with Crippen molar-refractivity contribution in [1.29, 1.82) is 0 Å². The van der Waals surface area contributed by atoms with Crippen LogP contribution in [-0.4, -0.2) is 56.4 Å². The van der Waals surface area contributed by atoms with Crippen molar-refractivity contribution < 1.29 is 23.1 Å². The molecule has 1 aromatic rings. The summed E-state index contributed by atoms with van der Waals surface area (Å²) in [5.74, 6) is -1.13. The highest BCUT2D eigenvalue weighted by molar-refractivity contribution is 7.98. The number of carbonyl (C=O) groups is 1. The van der Waals surface area contributed by atoms with Crippen LogP contribution >= 0.6 is 11.8 Å². The molecule has 0 amide bonds. The van der Waals surface area contributed by atoms with Crippen LogP contribution in [0, 0.1) is 0 Å². The van der Waals surface area contributed by atoms with E-state index in [2.05, 4.69) is 0 Å². The monoisotopic (exact) mass is 317 g/mol. The topological polar surface area (TPSA) is 83.9 Å². The third kappa shape index (κ3) is 2.98. The van der Waals surface area contributed by atoms with Gasteiger partial charge in [-0.15, -0.1) is 11.8 Å². The fourth-order valence-electron chi connectivity index (χ4n) is 1.95. The van der Waals surface area contributed by atoms with Crippen LogP contribution in [0.3, 0.4) is 0 Å². The Morgan fingerprint density at radius 3 is 2.55 bits per heavy atom. The van der Waals surface area contributed by atoms with Gasteiger partial charge in [0.2, 0.25) is 10.0 Å². The Morgan fingerprint density at radius 1 is 1.35 bits per heavy atom. The van der Waals surface area contributed by atoms with Crippen LogP contribution in [0.2, 0.25) is 0 Å². The minimum Gasteiger partial charge on any atom is -0.478 e. The molecule has 0 aromatic heterocycles. The summed E-state index contributed by atoms with van der Waals surface area (Å²) in [6.45, 7) is 1.28. The molecule has 0 spiro atoms. The predicted octanol–water partition coefficient (Wildman–Crippen LogP) is 1.13. The van der Waals surface area contributed by atoms with Crippen molar-refractivity contribution in [3.8, 4) is 0 Å². The van der Waals surface area contributed by atoms with E-state index in [1.54, 1.807) is 6.26 Å². The van der Waals surface area contributed by atoms with Gasteiger partial charge >= 0.3 is 5.97 Å². The standard InChI is InChI=1S/C12H15NO5S2/c1-19-11-3-2-9(8-10(11)12(14)15)20(16,17)13-4-6-18-7-5-13/h2-3,8H,4-7H2,1H3,(H,14,15). The lowest BCUT2D eigenvalue weighted by Gasteiger charge is -2.26. The van der Waals surface area contributed by atoms with Gasteiger partial charge in [-0.1, -0.05) is 0 Å². The molecule has 0 radical (unpaired) electrons. The van der Waals surface area contributed by atoms with Crippen molar-refractivity contribution in [2.75, 3.05) is 32.6 Å². The Morgan fingerprint density at radius 2 is 2.00 bits per heavy atom. The first-order valence-electron chi connectivity index (χ1n) is 5.96. The van der Waals surface area contributed by atoms with E-state index in [1.165, 1.54) is 34.3 Å². The summed E-state index contributed by atoms with van der Waals surface area (Å²) in [7, 11) is -3.66. The molecule has 1 heterocycles. The summed E-state index contributed by atoms with van der Waals surface area (Å²) >= 11 is 1.27. The quantitative estimate of drug-likeness (QED) is 0.838. The summed E-state index contributed by atoms with van der Waals surface area (Å²) in [5.41, 5.74) is 0.00633. The van der Waals surface area contributed by atoms with E-state index in [9.17, 15) is 13.2 Å². The van der Waals surface area contributed by atoms with Crippen molar-refractivity contribution >= 4 is 27.8 Å². The zero-order valence-electron chi connectivity index (χ0n) is 10.9. The zero-order valence-corrected chi connectivity index (χ0v) is 12.5. The smallest absolute Gasteiger partial charge is 0.336 e. The second-order valence-corrected chi connectivity index (χ2v) is 6.97. The Kier molecular flexibility index (Phi) is 4.69. The first kappa shape index (κ1) is 15.3. The van der Waals surface area contributed by atoms with Gasteiger partial charge in [0.1, 0.15) is 0 Å². The van der Waals surface area contributed by atoms with Crippen LogP contribution in [0.5, 0.6) is 0 Å². The maximum absolute atomic E-state index is 12.4. The predicted molar refractivity (Wildman–Crippen MR) is 74.8 cm³/mol. The van der Waals surface area contributed by atoms with Gasteiger partial charge in [-0.2, -0.15) is 4.31 Å². The molecule has 0 aliphatic carbocycles. The largest absolute Gasteiger partial charge is 0.478 e. The maximum atomic E-state index is 12.4. The van der Waals surface area contributed by atoms with Crippen LogP contribution in [0.4, 0.5) is 0 Å². The lowest BCUT2D eigenvalue weighted by molar-refractivity contribution is 0.0692. The third-order valence-corrected chi connectivity index (χ3v) is 5.70. The van der Waals surface area contributed by atoms with Crippen molar-refractivity contribution in [2.45, 2.75) is 9.79 Å². The molecule has 110 valence electrons. The first-order chi connectivity index (χ1) is 9.46. The molecule has 6 nitrogen and oxygen atoms in total. The van der Waals surface area contributed by atoms with E-state index in [-0.39, 0.29) is 23.5 Å². The minimum atomic E-state index is -3.66. The average molecular weight is 317 g/mol. The second-order valence-electron chi connectivity index (χ2n) is 4.18. The van der Waals surface area contributed by atoms with Crippen LogP contribution < -0.4 is 0 Å². The highest BCUT2D eigenvalue weighted by atomic mass is 32.2. The van der Waals surface area contributed by atoms with Crippen LogP contribution in [-0.2, 0) is 14.8 Å². The Hall–Kier alpha value is -1.09. The molecule has 1 aliphatic heterocycles. The van der Waals surface area contributed by atoms with E-state index >= 15 is 0 Å². The molecule has 0 unspecified atom stereocenters. The fraction of sp³-hybridized carbons (Fsp3) is 0.417. The molecule has 1 saturated heterocycles. The van der Waals surface area contributed by atoms with Gasteiger partial charge < -0.3 is 9.84 Å². The molecule has 2 rings (SSSR count). The number of hydrogen-bond donors (Lipinski definition) is 1. The minimum absolute atomic E-state index is 0.00633. The molecule has 1 aromatic carbocycles.